The number of carbonyl (C=O) groups excluding carboxylic acids is 1. The van der Waals surface area contributed by atoms with E-state index < -0.39 is 17.9 Å². The highest BCUT2D eigenvalue weighted by molar-refractivity contribution is 6.30. The third-order valence-electron chi connectivity index (χ3n) is 6.54. The Morgan fingerprint density at radius 2 is 1.82 bits per heavy atom. The Bertz CT molecular complexity index is 1630. The minimum absolute atomic E-state index is 0.218. The Kier molecular flexibility index (Phi) is 6.98. The van der Waals surface area contributed by atoms with Gasteiger partial charge in [0.25, 0.3) is 5.56 Å². The van der Waals surface area contributed by atoms with Crippen molar-refractivity contribution in [3.63, 3.8) is 0 Å². The number of hydrogen-bond donors (Lipinski definition) is 2. The number of H-pyrrole nitrogens is 1. The first-order valence-corrected chi connectivity index (χ1v) is 12.4. The fraction of sp³-hybridized carbons (Fsp3) is 0.172. The summed E-state index contributed by atoms with van der Waals surface area (Å²) in [6, 6.07) is 21.4. The van der Waals surface area contributed by atoms with Crippen molar-refractivity contribution >= 4 is 40.1 Å². The number of rotatable bonds is 7. The molecule has 1 aliphatic heterocycles. The number of hydrogen-bond acceptors (Lipinski definition) is 5. The maximum atomic E-state index is 13.6. The first-order valence-electron chi connectivity index (χ1n) is 12.0. The monoisotopic (exact) mass is 529 g/mol. The summed E-state index contributed by atoms with van der Waals surface area (Å²) in [5.41, 5.74) is 3.34. The average molecular weight is 530 g/mol. The Morgan fingerprint density at radius 1 is 1.05 bits per heavy atom. The van der Waals surface area contributed by atoms with Crippen LogP contribution in [0.3, 0.4) is 0 Å². The second kappa shape index (κ2) is 10.5. The van der Waals surface area contributed by atoms with E-state index in [0.717, 1.165) is 16.5 Å². The number of carbonyl (C=O) groups is 2. The molecule has 4 aromatic rings. The van der Waals surface area contributed by atoms with Crippen molar-refractivity contribution in [3.05, 3.63) is 99.3 Å². The van der Waals surface area contributed by atoms with Crippen LogP contribution in [-0.4, -0.2) is 39.8 Å². The van der Waals surface area contributed by atoms with E-state index in [1.807, 2.05) is 54.6 Å². The molecule has 0 fully saturated rings. The summed E-state index contributed by atoms with van der Waals surface area (Å²) >= 11 is 6.15. The predicted octanol–water partition coefficient (Wildman–Crippen LogP) is 5.40. The van der Waals surface area contributed by atoms with Gasteiger partial charge in [0.2, 0.25) is 5.91 Å². The molecule has 0 bridgehead atoms. The lowest BCUT2D eigenvalue weighted by molar-refractivity contribution is -0.141. The highest BCUT2D eigenvalue weighted by Gasteiger charge is 2.35. The molecule has 1 amide bonds. The van der Waals surface area contributed by atoms with E-state index in [9.17, 15) is 14.4 Å². The number of benzene rings is 3. The van der Waals surface area contributed by atoms with E-state index in [-0.39, 0.29) is 24.8 Å². The molecular weight excluding hydrogens is 506 g/mol. The number of para-hydroxylation sites is 1. The number of fused-ring (bicyclic) bond motifs is 1. The molecule has 1 aromatic heterocycles. The van der Waals surface area contributed by atoms with Crippen LogP contribution in [0.25, 0.3) is 22.0 Å². The molecule has 0 spiro atoms. The molecule has 1 atom stereocenters. The first kappa shape index (κ1) is 25.2. The Hall–Kier alpha value is -4.43. The zero-order valence-corrected chi connectivity index (χ0v) is 21.2. The van der Waals surface area contributed by atoms with Crippen molar-refractivity contribution in [3.8, 4) is 16.9 Å². The van der Waals surface area contributed by atoms with Crippen molar-refractivity contribution in [2.24, 2.45) is 5.10 Å². The summed E-state index contributed by atoms with van der Waals surface area (Å²) in [6.45, 7) is 0. The number of aliphatic carboxylic acids is 1. The number of nitrogens with one attached hydrogen (secondary N) is 1. The Balaban J connectivity index is 1.68. The average Bonchev–Trinajstić information content (AvgIpc) is 3.36. The van der Waals surface area contributed by atoms with Crippen LogP contribution in [0, 0.1) is 0 Å². The smallest absolute Gasteiger partial charge is 0.303 e. The summed E-state index contributed by atoms with van der Waals surface area (Å²) in [6.07, 6.45) is -0.281. The van der Waals surface area contributed by atoms with Gasteiger partial charge in [-0.3, -0.25) is 14.4 Å². The van der Waals surface area contributed by atoms with Gasteiger partial charge in [-0.05, 0) is 41.5 Å². The second-order valence-corrected chi connectivity index (χ2v) is 9.37. The summed E-state index contributed by atoms with van der Waals surface area (Å²) in [4.78, 5) is 40.8. The van der Waals surface area contributed by atoms with Gasteiger partial charge in [-0.1, -0.05) is 54.1 Å². The number of carboxylic acid groups (broad SMARTS) is 1. The normalized spacial score (nSPS) is 14.9. The molecule has 0 unspecified atom stereocenters. The van der Waals surface area contributed by atoms with E-state index in [1.165, 1.54) is 5.01 Å². The number of carboxylic acids is 1. The maximum absolute atomic E-state index is 13.6. The van der Waals surface area contributed by atoms with Gasteiger partial charge in [-0.15, -0.1) is 0 Å². The lowest BCUT2D eigenvalue weighted by atomic mass is 9.91. The Morgan fingerprint density at radius 3 is 2.55 bits per heavy atom. The molecule has 1 aliphatic rings. The number of halogens is 1. The predicted molar refractivity (Wildman–Crippen MR) is 146 cm³/mol. The molecule has 8 nitrogen and oxygen atoms in total. The van der Waals surface area contributed by atoms with E-state index in [2.05, 4.69) is 10.1 Å². The standard InChI is InChI=1S/C29H24ClN3O5/c1-38-20-6-4-5-18(15-20)24-16-23(32-33(24)25(34)13-14-26(35)36)28-27(17-9-11-19(30)12-10-17)21-7-2-3-8-22(21)31-29(28)37/h2-12,15,24H,13-14,16H2,1H3,(H,31,37)(H,35,36)/t24-/m0/s1. The molecular formula is C29H24ClN3O5. The van der Waals surface area contributed by atoms with Crippen LogP contribution >= 0.6 is 11.6 Å². The molecule has 0 saturated heterocycles. The van der Waals surface area contributed by atoms with Crippen LogP contribution < -0.4 is 10.3 Å². The van der Waals surface area contributed by atoms with Crippen LogP contribution in [0.4, 0.5) is 0 Å². The number of pyridine rings is 1. The van der Waals surface area contributed by atoms with Gasteiger partial charge < -0.3 is 14.8 Å². The number of amides is 1. The van der Waals surface area contributed by atoms with Crippen molar-refractivity contribution in [2.75, 3.05) is 7.11 Å². The largest absolute Gasteiger partial charge is 0.497 e. The zero-order valence-electron chi connectivity index (χ0n) is 20.5. The molecule has 0 radical (unpaired) electrons. The summed E-state index contributed by atoms with van der Waals surface area (Å²) in [7, 11) is 1.55. The van der Waals surface area contributed by atoms with E-state index in [4.69, 9.17) is 21.4 Å². The quantitative estimate of drug-likeness (QED) is 0.333. The van der Waals surface area contributed by atoms with Crippen molar-refractivity contribution in [1.82, 2.24) is 9.99 Å². The number of hydrazone groups is 1. The van der Waals surface area contributed by atoms with Crippen molar-refractivity contribution in [1.29, 1.82) is 0 Å². The number of methoxy groups -OCH3 is 1. The van der Waals surface area contributed by atoms with E-state index in [0.29, 0.717) is 33.1 Å². The fourth-order valence-corrected chi connectivity index (χ4v) is 4.89. The van der Waals surface area contributed by atoms with Crippen molar-refractivity contribution < 1.29 is 19.4 Å². The fourth-order valence-electron chi connectivity index (χ4n) is 4.76. The highest BCUT2D eigenvalue weighted by atomic mass is 35.5. The zero-order chi connectivity index (χ0) is 26.8. The van der Waals surface area contributed by atoms with Gasteiger partial charge in [0.15, 0.2) is 0 Å². The summed E-state index contributed by atoms with van der Waals surface area (Å²) in [5, 5.41) is 16.5. The van der Waals surface area contributed by atoms with Gasteiger partial charge in [-0.2, -0.15) is 5.10 Å². The minimum atomic E-state index is -1.07. The van der Waals surface area contributed by atoms with Crippen LogP contribution in [0.15, 0.2) is 82.7 Å². The van der Waals surface area contributed by atoms with E-state index in [1.54, 1.807) is 25.3 Å². The van der Waals surface area contributed by atoms with Crippen LogP contribution in [0.5, 0.6) is 5.75 Å². The lowest BCUT2D eigenvalue weighted by Gasteiger charge is -2.22. The molecule has 3 aromatic carbocycles. The van der Waals surface area contributed by atoms with E-state index >= 15 is 0 Å². The molecule has 2 heterocycles. The molecule has 38 heavy (non-hydrogen) atoms. The number of ether oxygens (including phenoxy) is 1. The summed E-state index contributed by atoms with van der Waals surface area (Å²) in [5.74, 6) is -0.907. The number of aromatic nitrogens is 1. The molecule has 9 heteroatoms. The molecule has 2 N–H and O–H groups in total. The third-order valence-corrected chi connectivity index (χ3v) is 6.79. The topological polar surface area (TPSA) is 112 Å². The van der Waals surface area contributed by atoms with Gasteiger partial charge in [0, 0.05) is 34.3 Å². The molecule has 0 aliphatic carbocycles. The van der Waals surface area contributed by atoms with Gasteiger partial charge in [-0.25, -0.2) is 5.01 Å². The minimum Gasteiger partial charge on any atom is -0.497 e. The SMILES string of the molecule is COc1cccc([C@@H]2CC(c3c(-c4ccc(Cl)cc4)c4ccccc4[nH]c3=O)=NN2C(=O)CCC(=O)O)c1. The number of aromatic amines is 1. The molecule has 192 valence electrons. The van der Waals surface area contributed by atoms with Gasteiger partial charge in [0.1, 0.15) is 5.75 Å². The van der Waals surface area contributed by atoms with Gasteiger partial charge in [0.05, 0.1) is 30.8 Å². The lowest BCUT2D eigenvalue weighted by Crippen LogP contribution is -2.27. The van der Waals surface area contributed by atoms with Crippen LogP contribution in [0.1, 0.15) is 36.4 Å². The third kappa shape index (κ3) is 4.90. The van der Waals surface area contributed by atoms with Crippen LogP contribution in [-0.2, 0) is 9.59 Å². The first-order chi connectivity index (χ1) is 18.4. The second-order valence-electron chi connectivity index (χ2n) is 8.93. The van der Waals surface area contributed by atoms with Crippen molar-refractivity contribution in [2.45, 2.75) is 25.3 Å². The molecule has 5 rings (SSSR count). The Labute approximate surface area is 223 Å². The maximum Gasteiger partial charge on any atom is 0.303 e. The number of nitrogens with zero attached hydrogens (tertiary/aromatic N) is 2. The van der Waals surface area contributed by atoms with Gasteiger partial charge >= 0.3 is 5.97 Å². The highest BCUT2D eigenvalue weighted by Crippen LogP contribution is 2.38. The molecule has 0 saturated carbocycles. The summed E-state index contributed by atoms with van der Waals surface area (Å²) < 4.78 is 5.37. The van der Waals surface area contributed by atoms with Crippen LogP contribution in [0.2, 0.25) is 5.02 Å².